The maximum Gasteiger partial charge on any atom is 0.258 e. The molecule has 3 nitrogen and oxygen atoms in total. The Morgan fingerprint density at radius 2 is 2.05 bits per heavy atom. The van der Waals surface area contributed by atoms with E-state index in [0.717, 1.165) is 34.0 Å². The van der Waals surface area contributed by atoms with Gasteiger partial charge in [0.2, 0.25) is 0 Å². The van der Waals surface area contributed by atoms with E-state index in [1.54, 1.807) is 6.20 Å². The Balaban J connectivity index is 1.80. The van der Waals surface area contributed by atoms with E-state index >= 15 is 0 Å². The summed E-state index contributed by atoms with van der Waals surface area (Å²) in [7, 11) is 0. The first-order valence-corrected chi connectivity index (χ1v) is 7.97. The second-order valence-corrected chi connectivity index (χ2v) is 6.27. The fourth-order valence-electron chi connectivity index (χ4n) is 3.02. The molecule has 2 aromatic carbocycles. The summed E-state index contributed by atoms with van der Waals surface area (Å²) >= 11 is 3.49. The van der Waals surface area contributed by atoms with E-state index in [-0.39, 0.29) is 5.91 Å². The van der Waals surface area contributed by atoms with Crippen LogP contribution in [0.15, 0.2) is 59.2 Å². The van der Waals surface area contributed by atoms with Gasteiger partial charge in [-0.05, 0) is 48.4 Å². The van der Waals surface area contributed by atoms with E-state index in [9.17, 15) is 4.79 Å². The summed E-state index contributed by atoms with van der Waals surface area (Å²) in [6.45, 7) is 0.723. The molecule has 0 aliphatic carbocycles. The first-order chi connectivity index (χ1) is 10.7. The lowest BCUT2D eigenvalue weighted by Crippen LogP contribution is -2.29. The van der Waals surface area contributed by atoms with Gasteiger partial charge in [0, 0.05) is 33.9 Å². The van der Waals surface area contributed by atoms with Crippen molar-refractivity contribution in [2.45, 2.75) is 6.42 Å². The molecule has 1 aliphatic heterocycles. The van der Waals surface area contributed by atoms with Crippen LogP contribution in [0.5, 0.6) is 0 Å². The Morgan fingerprint density at radius 1 is 1.14 bits per heavy atom. The number of amides is 1. The highest BCUT2D eigenvalue weighted by atomic mass is 79.9. The van der Waals surface area contributed by atoms with E-state index in [4.69, 9.17) is 0 Å². The SMILES string of the molecule is O=C(c1cccc2ncccc12)N1CCc2cc(Br)ccc21. The van der Waals surface area contributed by atoms with Crippen LogP contribution >= 0.6 is 15.9 Å². The third-order valence-corrected chi connectivity index (χ3v) is 4.55. The molecule has 0 N–H and O–H groups in total. The minimum atomic E-state index is 0.0414. The summed E-state index contributed by atoms with van der Waals surface area (Å²) in [5.41, 5.74) is 3.78. The van der Waals surface area contributed by atoms with Crippen molar-refractivity contribution >= 4 is 38.4 Å². The number of rotatable bonds is 1. The van der Waals surface area contributed by atoms with E-state index in [0.29, 0.717) is 5.56 Å². The predicted molar refractivity (Wildman–Crippen MR) is 91.3 cm³/mol. The number of aromatic nitrogens is 1. The lowest BCUT2D eigenvalue weighted by molar-refractivity contribution is 0.0991. The van der Waals surface area contributed by atoms with E-state index in [1.165, 1.54) is 5.56 Å². The number of benzene rings is 2. The molecular weight excluding hydrogens is 340 g/mol. The molecule has 1 amide bonds. The summed E-state index contributed by atoms with van der Waals surface area (Å²) in [6, 6.07) is 15.6. The Morgan fingerprint density at radius 3 is 2.95 bits per heavy atom. The number of carbonyl (C=O) groups is 1. The average Bonchev–Trinajstić information content (AvgIpc) is 2.96. The van der Waals surface area contributed by atoms with Crippen LogP contribution < -0.4 is 4.90 Å². The Kier molecular flexibility index (Phi) is 3.19. The number of carbonyl (C=O) groups excluding carboxylic acids is 1. The topological polar surface area (TPSA) is 33.2 Å². The molecule has 4 rings (SSSR count). The van der Waals surface area contributed by atoms with Crippen LogP contribution in [0.2, 0.25) is 0 Å². The number of hydrogen-bond acceptors (Lipinski definition) is 2. The van der Waals surface area contributed by atoms with Gasteiger partial charge in [-0.3, -0.25) is 9.78 Å². The highest BCUT2D eigenvalue weighted by Crippen LogP contribution is 2.32. The molecule has 108 valence electrons. The number of fused-ring (bicyclic) bond motifs is 2. The number of nitrogens with zero attached hydrogens (tertiary/aromatic N) is 2. The zero-order valence-electron chi connectivity index (χ0n) is 11.8. The number of halogens is 1. The van der Waals surface area contributed by atoms with Gasteiger partial charge in [-0.15, -0.1) is 0 Å². The third kappa shape index (κ3) is 2.11. The molecule has 0 spiro atoms. The van der Waals surface area contributed by atoms with Crippen molar-refractivity contribution in [2.24, 2.45) is 0 Å². The standard InChI is InChI=1S/C18H13BrN2O/c19-13-6-7-17-12(11-13)8-10-21(17)18(22)15-3-1-5-16-14(15)4-2-9-20-16/h1-7,9,11H,8,10H2. The lowest BCUT2D eigenvalue weighted by Gasteiger charge is -2.18. The highest BCUT2D eigenvalue weighted by molar-refractivity contribution is 9.10. The smallest absolute Gasteiger partial charge is 0.258 e. The first kappa shape index (κ1) is 13.5. The maximum absolute atomic E-state index is 13.0. The fourth-order valence-corrected chi connectivity index (χ4v) is 3.43. The van der Waals surface area contributed by atoms with Crippen LogP contribution in [0, 0.1) is 0 Å². The second kappa shape index (κ2) is 5.21. The zero-order valence-corrected chi connectivity index (χ0v) is 13.4. The number of hydrogen-bond donors (Lipinski definition) is 0. The minimum Gasteiger partial charge on any atom is -0.308 e. The summed E-state index contributed by atoms with van der Waals surface area (Å²) in [5.74, 6) is 0.0414. The normalized spacial score (nSPS) is 13.4. The quantitative estimate of drug-likeness (QED) is 0.657. The maximum atomic E-state index is 13.0. The molecule has 1 aliphatic rings. The molecule has 1 aromatic heterocycles. The van der Waals surface area contributed by atoms with Gasteiger partial charge in [0.05, 0.1) is 5.52 Å². The molecule has 0 saturated heterocycles. The molecular formula is C18H13BrN2O. The van der Waals surface area contributed by atoms with Gasteiger partial charge >= 0.3 is 0 Å². The Labute approximate surface area is 136 Å². The third-order valence-electron chi connectivity index (χ3n) is 4.06. The summed E-state index contributed by atoms with van der Waals surface area (Å²) in [5, 5.41) is 0.903. The zero-order chi connectivity index (χ0) is 15.1. The number of anilines is 1. The van der Waals surface area contributed by atoms with Gasteiger partial charge in [-0.2, -0.15) is 0 Å². The average molecular weight is 353 g/mol. The predicted octanol–water partition coefficient (Wildman–Crippen LogP) is 4.20. The van der Waals surface area contributed by atoms with E-state index < -0.39 is 0 Å². The fraction of sp³-hybridized carbons (Fsp3) is 0.111. The van der Waals surface area contributed by atoms with Crippen LogP contribution in [-0.4, -0.2) is 17.4 Å². The molecule has 0 bridgehead atoms. The van der Waals surface area contributed by atoms with Crippen molar-refractivity contribution in [3.8, 4) is 0 Å². The van der Waals surface area contributed by atoms with Gasteiger partial charge in [0.1, 0.15) is 0 Å². The van der Waals surface area contributed by atoms with Crippen LogP contribution in [0.25, 0.3) is 10.9 Å². The molecule has 0 radical (unpaired) electrons. The molecule has 2 heterocycles. The first-order valence-electron chi connectivity index (χ1n) is 7.18. The van der Waals surface area contributed by atoms with Gasteiger partial charge in [-0.25, -0.2) is 0 Å². The largest absolute Gasteiger partial charge is 0.308 e. The van der Waals surface area contributed by atoms with Gasteiger partial charge < -0.3 is 4.90 Å². The Bertz CT molecular complexity index is 886. The highest BCUT2D eigenvalue weighted by Gasteiger charge is 2.26. The van der Waals surface area contributed by atoms with Gasteiger partial charge in [-0.1, -0.05) is 28.1 Å². The van der Waals surface area contributed by atoms with Crippen molar-refractivity contribution in [1.29, 1.82) is 0 Å². The van der Waals surface area contributed by atoms with E-state index in [2.05, 4.69) is 27.0 Å². The summed E-state index contributed by atoms with van der Waals surface area (Å²) in [6.07, 6.45) is 2.64. The van der Waals surface area contributed by atoms with Crippen LogP contribution in [-0.2, 0) is 6.42 Å². The molecule has 0 saturated carbocycles. The molecule has 22 heavy (non-hydrogen) atoms. The van der Waals surface area contributed by atoms with E-state index in [1.807, 2.05) is 47.4 Å². The van der Waals surface area contributed by atoms with Crippen molar-refractivity contribution < 1.29 is 4.79 Å². The van der Waals surface area contributed by atoms with Gasteiger partial charge in [0.15, 0.2) is 0 Å². The van der Waals surface area contributed by atoms with Crippen molar-refractivity contribution in [3.63, 3.8) is 0 Å². The lowest BCUT2D eigenvalue weighted by atomic mass is 10.1. The molecule has 4 heteroatoms. The van der Waals surface area contributed by atoms with Crippen LogP contribution in [0.1, 0.15) is 15.9 Å². The Hall–Kier alpha value is -2.20. The molecule has 0 atom stereocenters. The monoisotopic (exact) mass is 352 g/mol. The molecule has 3 aromatic rings. The molecule has 0 fully saturated rings. The van der Waals surface area contributed by atoms with Crippen molar-refractivity contribution in [3.05, 3.63) is 70.3 Å². The van der Waals surface area contributed by atoms with Crippen molar-refractivity contribution in [2.75, 3.05) is 11.4 Å². The van der Waals surface area contributed by atoms with Crippen LogP contribution in [0.3, 0.4) is 0 Å². The summed E-state index contributed by atoms with van der Waals surface area (Å²) < 4.78 is 1.05. The minimum absolute atomic E-state index is 0.0414. The van der Waals surface area contributed by atoms with Crippen molar-refractivity contribution in [1.82, 2.24) is 4.98 Å². The summed E-state index contributed by atoms with van der Waals surface area (Å²) in [4.78, 5) is 19.2. The second-order valence-electron chi connectivity index (χ2n) is 5.36. The molecule has 0 unspecified atom stereocenters. The van der Waals surface area contributed by atoms with Gasteiger partial charge in [0.25, 0.3) is 5.91 Å². The number of pyridine rings is 1. The van der Waals surface area contributed by atoms with Crippen LogP contribution in [0.4, 0.5) is 5.69 Å².